The maximum atomic E-state index is 13.2. The van der Waals surface area contributed by atoms with E-state index >= 15 is 0 Å². The van der Waals surface area contributed by atoms with E-state index in [0.717, 1.165) is 34.4 Å². The number of primary amides is 1. The van der Waals surface area contributed by atoms with Crippen molar-refractivity contribution in [1.29, 1.82) is 0 Å². The Kier molecular flexibility index (Phi) is 7.10. The first-order valence-corrected chi connectivity index (χ1v) is 10.6. The summed E-state index contributed by atoms with van der Waals surface area (Å²) in [5.41, 5.74) is 16.8. The van der Waals surface area contributed by atoms with Crippen molar-refractivity contribution in [3.05, 3.63) is 76.0 Å². The Morgan fingerprint density at radius 2 is 1.78 bits per heavy atom. The lowest BCUT2D eigenvalue weighted by Gasteiger charge is -2.20. The Hall–Kier alpha value is -3.45. The molecule has 0 aliphatic rings. The van der Waals surface area contributed by atoms with Crippen molar-refractivity contribution in [2.24, 2.45) is 17.4 Å². The maximum Gasteiger partial charge on any atom is 0.341 e. The molecule has 2 aromatic heterocycles. The minimum atomic E-state index is -0.683. The minimum Gasteiger partial charge on any atom is -0.454 e. The fraction of sp³-hybridized carbons (Fsp3) is 0.320. The number of aryl methyl sites for hydroxylation is 2. The number of rotatable bonds is 8. The average Bonchev–Trinajstić information content (AvgIpc) is 3.21. The number of pyridine rings is 1. The van der Waals surface area contributed by atoms with Gasteiger partial charge in [0, 0.05) is 17.8 Å². The van der Waals surface area contributed by atoms with Gasteiger partial charge in [-0.05, 0) is 49.4 Å². The second-order valence-electron chi connectivity index (χ2n) is 8.25. The summed E-state index contributed by atoms with van der Waals surface area (Å²) >= 11 is 0. The molecule has 1 amide bonds. The van der Waals surface area contributed by atoms with Crippen LogP contribution in [0.15, 0.2) is 40.8 Å². The van der Waals surface area contributed by atoms with E-state index in [1.807, 2.05) is 31.2 Å². The fourth-order valence-electron chi connectivity index (χ4n) is 3.66. The molecule has 0 aliphatic carbocycles. The van der Waals surface area contributed by atoms with Crippen LogP contribution in [0.5, 0.6) is 0 Å². The quantitative estimate of drug-likeness (QED) is 0.514. The second kappa shape index (κ2) is 9.78. The van der Waals surface area contributed by atoms with Gasteiger partial charge in [-0.3, -0.25) is 9.78 Å². The first-order chi connectivity index (χ1) is 15.2. The first-order valence-electron chi connectivity index (χ1n) is 10.6. The molecule has 7 nitrogen and oxygen atoms in total. The summed E-state index contributed by atoms with van der Waals surface area (Å²) < 4.78 is 10.8. The van der Waals surface area contributed by atoms with Crippen LogP contribution >= 0.6 is 0 Å². The molecule has 0 bridgehead atoms. The lowest BCUT2D eigenvalue weighted by Crippen LogP contribution is -2.17. The van der Waals surface area contributed by atoms with Crippen LogP contribution in [0.25, 0.3) is 11.1 Å². The predicted molar refractivity (Wildman–Crippen MR) is 122 cm³/mol. The van der Waals surface area contributed by atoms with Crippen molar-refractivity contribution in [1.82, 2.24) is 4.98 Å². The molecular formula is C25H29N3O4. The number of amides is 1. The third-order valence-electron chi connectivity index (χ3n) is 5.16. The number of nitrogens with two attached hydrogens (primary N) is 2. The van der Waals surface area contributed by atoms with Crippen LogP contribution in [0.2, 0.25) is 0 Å². The molecule has 0 unspecified atom stereocenters. The monoisotopic (exact) mass is 435 g/mol. The number of ether oxygens (including phenoxy) is 1. The van der Waals surface area contributed by atoms with E-state index in [0.29, 0.717) is 22.9 Å². The van der Waals surface area contributed by atoms with Gasteiger partial charge in [-0.2, -0.15) is 0 Å². The van der Waals surface area contributed by atoms with E-state index in [9.17, 15) is 9.59 Å². The summed E-state index contributed by atoms with van der Waals surface area (Å²) in [7, 11) is 0. The molecule has 2 heterocycles. The lowest BCUT2D eigenvalue weighted by molar-refractivity contribution is 0.0443. The van der Waals surface area contributed by atoms with E-state index in [-0.39, 0.29) is 18.9 Å². The minimum absolute atomic E-state index is 0.0118. The summed E-state index contributed by atoms with van der Waals surface area (Å²) in [5.74, 6) is -0.497. The van der Waals surface area contributed by atoms with Gasteiger partial charge in [0.2, 0.25) is 0 Å². The van der Waals surface area contributed by atoms with Crippen LogP contribution in [0.3, 0.4) is 0 Å². The molecule has 0 saturated heterocycles. The third kappa shape index (κ3) is 5.06. The van der Waals surface area contributed by atoms with Gasteiger partial charge >= 0.3 is 5.97 Å². The molecule has 0 aliphatic heterocycles. The number of benzene rings is 1. The van der Waals surface area contributed by atoms with Gasteiger partial charge in [0.25, 0.3) is 5.91 Å². The van der Waals surface area contributed by atoms with Crippen molar-refractivity contribution in [3.63, 3.8) is 0 Å². The average molecular weight is 436 g/mol. The SMILES string of the molecule is Cc1ccc(-c2c(CN)c(CC(C)C)nc(C)c2C(=O)OCc2ccc(C(N)=O)o2)cc1. The van der Waals surface area contributed by atoms with Gasteiger partial charge in [0.05, 0.1) is 11.3 Å². The van der Waals surface area contributed by atoms with E-state index in [1.54, 1.807) is 13.0 Å². The Balaban J connectivity index is 2.05. The Labute approximate surface area is 187 Å². The number of hydrogen-bond donors (Lipinski definition) is 2. The van der Waals surface area contributed by atoms with Gasteiger partial charge < -0.3 is 20.6 Å². The molecule has 3 aromatic rings. The van der Waals surface area contributed by atoms with Gasteiger partial charge in [-0.15, -0.1) is 0 Å². The first kappa shape index (κ1) is 23.2. The zero-order chi connectivity index (χ0) is 23.4. The second-order valence-corrected chi connectivity index (χ2v) is 8.25. The fourth-order valence-corrected chi connectivity index (χ4v) is 3.66. The smallest absolute Gasteiger partial charge is 0.341 e. The van der Waals surface area contributed by atoms with Crippen LogP contribution in [-0.4, -0.2) is 16.9 Å². The summed E-state index contributed by atoms with van der Waals surface area (Å²) in [6, 6.07) is 10.9. The van der Waals surface area contributed by atoms with Crippen LogP contribution in [-0.2, 0) is 24.3 Å². The molecule has 0 atom stereocenters. The predicted octanol–water partition coefficient (Wildman–Crippen LogP) is 4.07. The molecule has 0 spiro atoms. The Bertz CT molecular complexity index is 1130. The molecule has 0 radical (unpaired) electrons. The van der Waals surface area contributed by atoms with E-state index < -0.39 is 11.9 Å². The van der Waals surface area contributed by atoms with Crippen LogP contribution in [0, 0.1) is 19.8 Å². The van der Waals surface area contributed by atoms with Gasteiger partial charge in [-0.1, -0.05) is 43.7 Å². The molecule has 3 rings (SSSR count). The summed E-state index contributed by atoms with van der Waals surface area (Å²) in [6.07, 6.45) is 0.754. The highest BCUT2D eigenvalue weighted by molar-refractivity contribution is 5.99. The number of carbonyl (C=O) groups is 2. The lowest BCUT2D eigenvalue weighted by atomic mass is 9.90. The molecule has 7 heteroatoms. The zero-order valence-corrected chi connectivity index (χ0v) is 18.9. The number of esters is 1. The zero-order valence-electron chi connectivity index (χ0n) is 18.9. The van der Waals surface area contributed by atoms with E-state index in [4.69, 9.17) is 25.6 Å². The summed E-state index contributed by atoms with van der Waals surface area (Å²) in [4.78, 5) is 29.2. The van der Waals surface area contributed by atoms with Crippen molar-refractivity contribution in [2.45, 2.75) is 47.3 Å². The highest BCUT2D eigenvalue weighted by Gasteiger charge is 2.25. The highest BCUT2D eigenvalue weighted by atomic mass is 16.5. The standard InChI is InChI=1S/C25H29N3O4/c1-14(2)11-20-19(12-26)23(17-7-5-15(3)6-8-17)22(16(4)28-20)25(30)31-13-18-9-10-21(32-18)24(27)29/h5-10,14H,11-13,26H2,1-4H3,(H2,27,29). The number of nitrogens with zero attached hydrogens (tertiary/aromatic N) is 1. The normalized spacial score (nSPS) is 11.1. The summed E-state index contributed by atoms with van der Waals surface area (Å²) in [5, 5.41) is 0. The third-order valence-corrected chi connectivity index (χ3v) is 5.16. The summed E-state index contributed by atoms with van der Waals surface area (Å²) in [6.45, 7) is 8.16. The van der Waals surface area contributed by atoms with Crippen LogP contribution in [0.4, 0.5) is 0 Å². The Morgan fingerprint density at radius 1 is 1.09 bits per heavy atom. The molecule has 1 aromatic carbocycles. The number of aromatic nitrogens is 1. The van der Waals surface area contributed by atoms with Gasteiger partial charge in [-0.25, -0.2) is 4.79 Å². The number of hydrogen-bond acceptors (Lipinski definition) is 6. The molecule has 0 fully saturated rings. The van der Waals surface area contributed by atoms with Crippen molar-refractivity contribution >= 4 is 11.9 Å². The van der Waals surface area contributed by atoms with Crippen LogP contribution in [0.1, 0.15) is 63.0 Å². The number of carbonyl (C=O) groups excluding carboxylic acids is 2. The molecule has 168 valence electrons. The van der Waals surface area contributed by atoms with Crippen molar-refractivity contribution in [2.75, 3.05) is 0 Å². The van der Waals surface area contributed by atoms with E-state index in [1.165, 1.54) is 6.07 Å². The molecular weight excluding hydrogens is 406 g/mol. The van der Waals surface area contributed by atoms with E-state index in [2.05, 4.69) is 13.8 Å². The largest absolute Gasteiger partial charge is 0.454 e. The van der Waals surface area contributed by atoms with Crippen molar-refractivity contribution < 1.29 is 18.7 Å². The molecule has 0 saturated carbocycles. The topological polar surface area (TPSA) is 121 Å². The van der Waals surface area contributed by atoms with Crippen LogP contribution < -0.4 is 11.5 Å². The van der Waals surface area contributed by atoms with Gasteiger partial charge in [0.15, 0.2) is 5.76 Å². The maximum absolute atomic E-state index is 13.2. The molecule has 4 N–H and O–H groups in total. The van der Waals surface area contributed by atoms with Crippen molar-refractivity contribution in [3.8, 4) is 11.1 Å². The number of furan rings is 1. The Morgan fingerprint density at radius 3 is 2.34 bits per heavy atom. The molecule has 32 heavy (non-hydrogen) atoms. The van der Waals surface area contributed by atoms with Gasteiger partial charge in [0.1, 0.15) is 12.4 Å². The highest BCUT2D eigenvalue weighted by Crippen LogP contribution is 2.33.